The van der Waals surface area contributed by atoms with Crippen LogP contribution in [0.1, 0.15) is 46.5 Å². The second-order valence-corrected chi connectivity index (χ2v) is 6.59. The molecule has 1 aliphatic carbocycles. The summed E-state index contributed by atoms with van der Waals surface area (Å²) in [7, 11) is 0. The number of halogens is 2. The molecule has 0 atom stereocenters. The lowest BCUT2D eigenvalue weighted by Gasteiger charge is -2.33. The fourth-order valence-corrected chi connectivity index (χ4v) is 2.31. The number of ether oxygens (including phenoxy) is 2. The number of alkyl halides is 2. The summed E-state index contributed by atoms with van der Waals surface area (Å²) in [6, 6.07) is 0. The summed E-state index contributed by atoms with van der Waals surface area (Å²) in [4.78, 5) is 11.3. The third-order valence-electron chi connectivity index (χ3n) is 2.82. The largest absolute Gasteiger partial charge is 0.691 e. The molecule has 1 fully saturated rings. The Morgan fingerprint density at radius 3 is 2.14 bits per heavy atom. The predicted molar refractivity (Wildman–Crippen MR) is 67.7 cm³/mol. The van der Waals surface area contributed by atoms with Gasteiger partial charge < -0.3 is 14.7 Å². The molecule has 0 spiro atoms. The summed E-state index contributed by atoms with van der Waals surface area (Å²) < 4.78 is 40.3. The first kappa shape index (κ1) is 18.6. The topological polar surface area (TPSA) is 77.1 Å². The lowest BCUT2D eigenvalue weighted by molar-refractivity contribution is -0.777. The van der Waals surface area contributed by atoms with Crippen LogP contribution in [-0.4, -0.2) is 29.0 Å². The fraction of sp³-hybridized carbons (Fsp3) is 0.917. The second kappa shape index (κ2) is 7.68. The maximum absolute atomic E-state index is 13.2. The summed E-state index contributed by atoms with van der Waals surface area (Å²) >= 11 is -0.683. The first-order chi connectivity index (χ1) is 9.64. The van der Waals surface area contributed by atoms with Gasteiger partial charge in [0.1, 0.15) is 18.1 Å². The lowest BCUT2D eigenvalue weighted by Crippen LogP contribution is -2.36. The summed E-state index contributed by atoms with van der Waals surface area (Å²) in [6.07, 6.45) is 1.62. The van der Waals surface area contributed by atoms with Crippen molar-refractivity contribution < 1.29 is 37.7 Å². The molecule has 0 radical (unpaired) electrons. The summed E-state index contributed by atoms with van der Waals surface area (Å²) in [6.45, 7) is 5.82. The van der Waals surface area contributed by atoms with E-state index >= 15 is 0 Å². The van der Waals surface area contributed by atoms with Crippen molar-refractivity contribution >= 4 is 18.0 Å². The highest BCUT2D eigenvalue weighted by Crippen LogP contribution is 2.33. The monoisotopic (exact) mass is 329 g/mol. The van der Waals surface area contributed by atoms with Crippen LogP contribution in [0.4, 0.5) is 8.78 Å². The zero-order chi connectivity index (χ0) is 16.1. The highest BCUT2D eigenvalue weighted by Gasteiger charge is 2.45. The van der Waals surface area contributed by atoms with E-state index in [-0.39, 0.29) is 11.7 Å². The predicted octanol–water partition coefficient (Wildman–Crippen LogP) is 2.12. The van der Waals surface area contributed by atoms with E-state index in [0.29, 0.717) is 25.7 Å². The van der Waals surface area contributed by atoms with Gasteiger partial charge in [-0.15, -0.1) is 0 Å². The van der Waals surface area contributed by atoms with Crippen LogP contribution in [-0.2, 0) is 23.6 Å². The number of hydrogen-bond donors (Lipinski definition) is 0. The van der Waals surface area contributed by atoms with Crippen molar-refractivity contribution in [2.75, 3.05) is 0 Å². The Bertz CT molecular complexity index is 339. The van der Waals surface area contributed by atoms with Crippen molar-refractivity contribution in [3.8, 4) is 0 Å². The molecule has 1 rings (SSSR count). The molecule has 0 bridgehead atoms. The minimum Gasteiger partial charge on any atom is -0.691 e. The van der Waals surface area contributed by atoms with Gasteiger partial charge >= 0.3 is 11.2 Å². The van der Waals surface area contributed by atoms with Crippen LogP contribution in [0.3, 0.4) is 0 Å². The third kappa shape index (κ3) is 6.88. The molecule has 21 heavy (non-hydrogen) atoms. The number of rotatable bonds is 6. The van der Waals surface area contributed by atoms with Gasteiger partial charge in [-0.2, -0.15) is 13.1 Å². The lowest BCUT2D eigenvalue weighted by atomic mass is 9.94. The second-order valence-electron chi connectivity index (χ2n) is 5.77. The summed E-state index contributed by atoms with van der Waals surface area (Å²) in [5.41, 5.74) is -0.270. The number of carbonyl (C=O) groups is 1. The Morgan fingerprint density at radius 1 is 1.14 bits per heavy atom. The van der Waals surface area contributed by atoms with Gasteiger partial charge in [-0.25, -0.2) is 4.79 Å². The Hall–Kier alpha value is -0.480. The SMILES string of the molecule is CC(C)(C)OC1CCC(OC(=O)C(F)(F)SOO[O-])CC1. The smallest absolute Gasteiger partial charge is 0.415 e. The molecule has 124 valence electrons. The van der Waals surface area contributed by atoms with E-state index in [9.17, 15) is 18.8 Å². The van der Waals surface area contributed by atoms with Gasteiger partial charge in [-0.3, -0.25) is 5.04 Å². The Morgan fingerprint density at radius 2 is 1.67 bits per heavy atom. The van der Waals surface area contributed by atoms with Crippen LogP contribution < -0.4 is 5.26 Å². The van der Waals surface area contributed by atoms with Crippen molar-refractivity contribution in [1.82, 2.24) is 0 Å². The minimum absolute atomic E-state index is 0.0343. The van der Waals surface area contributed by atoms with Gasteiger partial charge in [0.05, 0.1) is 11.7 Å². The first-order valence-electron chi connectivity index (χ1n) is 6.55. The maximum Gasteiger partial charge on any atom is 0.415 e. The van der Waals surface area contributed by atoms with E-state index < -0.39 is 29.4 Å². The molecule has 0 aromatic carbocycles. The van der Waals surface area contributed by atoms with Crippen molar-refractivity contribution in [2.24, 2.45) is 0 Å². The van der Waals surface area contributed by atoms with E-state index in [0.717, 1.165) is 0 Å². The van der Waals surface area contributed by atoms with Gasteiger partial charge in [0.15, 0.2) is 0 Å². The maximum atomic E-state index is 13.2. The zero-order valence-electron chi connectivity index (χ0n) is 12.1. The van der Waals surface area contributed by atoms with Crippen LogP contribution in [0.25, 0.3) is 0 Å². The third-order valence-corrected chi connectivity index (χ3v) is 3.32. The van der Waals surface area contributed by atoms with Crippen LogP contribution in [0.2, 0.25) is 0 Å². The van der Waals surface area contributed by atoms with E-state index in [2.05, 4.69) is 9.37 Å². The van der Waals surface area contributed by atoms with E-state index in [4.69, 9.17) is 9.47 Å². The van der Waals surface area contributed by atoms with Gasteiger partial charge in [0, 0.05) is 0 Å². The molecule has 0 unspecified atom stereocenters. The molecule has 1 saturated carbocycles. The molecule has 0 heterocycles. The van der Waals surface area contributed by atoms with Crippen LogP contribution >= 0.6 is 12.0 Å². The fourth-order valence-electron chi connectivity index (χ4n) is 2.08. The molecule has 0 saturated heterocycles. The summed E-state index contributed by atoms with van der Waals surface area (Å²) in [5, 5.41) is 8.30. The summed E-state index contributed by atoms with van der Waals surface area (Å²) in [5.74, 6) is -1.75. The minimum atomic E-state index is -3.98. The highest BCUT2D eigenvalue weighted by molar-refractivity contribution is 7.96. The Labute approximate surface area is 126 Å². The quantitative estimate of drug-likeness (QED) is 0.320. The molecule has 6 nitrogen and oxygen atoms in total. The molecule has 1 aliphatic rings. The molecule has 0 aromatic heterocycles. The molecule has 0 aliphatic heterocycles. The molecule has 0 aromatic rings. The number of carbonyl (C=O) groups excluding carboxylic acids is 1. The van der Waals surface area contributed by atoms with Crippen molar-refractivity contribution in [2.45, 2.75) is 69.5 Å². The first-order valence-corrected chi connectivity index (χ1v) is 7.29. The van der Waals surface area contributed by atoms with Gasteiger partial charge in [0.25, 0.3) is 0 Å². The standard InChI is InChI=1S/C12H20F2O6S/c1-11(2,3)18-9-6-4-8(5-7-9)17-10(15)12(13,14)21-20-19-16/h8-9,16H,4-7H2,1-3H3/p-1. The van der Waals surface area contributed by atoms with Crippen molar-refractivity contribution in [3.05, 3.63) is 0 Å². The van der Waals surface area contributed by atoms with Gasteiger partial charge in [0.2, 0.25) is 0 Å². The molecule has 9 heteroatoms. The highest BCUT2D eigenvalue weighted by atomic mass is 32.2. The van der Waals surface area contributed by atoms with E-state index in [1.807, 2.05) is 20.8 Å². The Balaban J connectivity index is 2.36. The molecule has 0 N–H and O–H groups in total. The molecular formula is C12H19F2O6S-. The van der Waals surface area contributed by atoms with Crippen LogP contribution in [0, 0.1) is 0 Å². The zero-order valence-corrected chi connectivity index (χ0v) is 12.9. The molecule has 0 amide bonds. The van der Waals surface area contributed by atoms with Gasteiger partial charge in [-0.1, -0.05) is 0 Å². The Kier molecular flexibility index (Phi) is 6.79. The van der Waals surface area contributed by atoms with Gasteiger partial charge in [-0.05, 0) is 46.5 Å². The number of esters is 1. The van der Waals surface area contributed by atoms with E-state index in [1.165, 1.54) is 0 Å². The van der Waals surface area contributed by atoms with Crippen LogP contribution in [0.5, 0.6) is 0 Å². The average Bonchev–Trinajstić information content (AvgIpc) is 2.37. The number of hydrogen-bond acceptors (Lipinski definition) is 7. The van der Waals surface area contributed by atoms with E-state index in [1.54, 1.807) is 0 Å². The van der Waals surface area contributed by atoms with Crippen LogP contribution in [0.15, 0.2) is 0 Å². The molecular weight excluding hydrogens is 310 g/mol. The average molecular weight is 329 g/mol. The van der Waals surface area contributed by atoms with Crippen molar-refractivity contribution in [1.29, 1.82) is 0 Å². The van der Waals surface area contributed by atoms with Crippen molar-refractivity contribution in [3.63, 3.8) is 0 Å². The normalized spacial score (nSPS) is 23.9.